The second kappa shape index (κ2) is 9.79. The van der Waals surface area contributed by atoms with Crippen molar-refractivity contribution in [1.82, 2.24) is 19.9 Å². The highest BCUT2D eigenvalue weighted by Crippen LogP contribution is 2.38. The smallest absolute Gasteiger partial charge is 0.387 e. The Bertz CT molecular complexity index is 1310. The van der Waals surface area contributed by atoms with Gasteiger partial charge in [0.25, 0.3) is 0 Å². The number of anilines is 2. The minimum absolute atomic E-state index is 0.0748. The molecule has 1 fully saturated rings. The summed E-state index contributed by atoms with van der Waals surface area (Å²) < 4.78 is 35.3. The molecule has 1 N–H and O–H groups in total. The molecule has 194 valence electrons. The van der Waals surface area contributed by atoms with E-state index in [9.17, 15) is 13.6 Å². The number of likely N-dealkylation sites (tertiary alicyclic amines) is 1. The van der Waals surface area contributed by atoms with E-state index in [4.69, 9.17) is 9.72 Å². The third kappa shape index (κ3) is 4.98. The van der Waals surface area contributed by atoms with E-state index < -0.39 is 6.61 Å². The Balaban J connectivity index is 1.31. The Labute approximate surface area is 213 Å². The topological polar surface area (TPSA) is 92.7 Å². The van der Waals surface area contributed by atoms with Gasteiger partial charge in [0.1, 0.15) is 17.3 Å². The van der Waals surface area contributed by atoms with Crippen LogP contribution in [0.2, 0.25) is 0 Å². The molecule has 11 heteroatoms. The van der Waals surface area contributed by atoms with Crippen LogP contribution in [0.5, 0.6) is 11.5 Å². The molecule has 2 aliphatic heterocycles. The molecule has 1 unspecified atom stereocenters. The van der Waals surface area contributed by atoms with Crippen LogP contribution in [-0.4, -0.2) is 65.3 Å². The molecule has 2 aromatic heterocycles. The lowest BCUT2D eigenvalue weighted by molar-refractivity contribution is -0.0498. The summed E-state index contributed by atoms with van der Waals surface area (Å²) in [4.78, 5) is 30.1. The number of rotatable bonds is 5. The van der Waals surface area contributed by atoms with E-state index in [-0.39, 0.29) is 17.3 Å². The summed E-state index contributed by atoms with van der Waals surface area (Å²) in [5.41, 5.74) is 2.96. The Kier molecular flexibility index (Phi) is 6.53. The van der Waals surface area contributed by atoms with Crippen LogP contribution in [0.1, 0.15) is 24.1 Å². The molecule has 5 rings (SSSR count). The van der Waals surface area contributed by atoms with E-state index in [1.165, 1.54) is 24.1 Å². The van der Waals surface area contributed by atoms with Gasteiger partial charge in [-0.3, -0.25) is 4.90 Å². The van der Waals surface area contributed by atoms with E-state index in [0.717, 1.165) is 41.9 Å². The SMILES string of the molecule is COc1cc(OC(F)F)cc(N(C)C(=O)N2CCC3(CCc4cc(-c5ncccn5)c(C)nc4N3)C2)c1. The van der Waals surface area contributed by atoms with Crippen LogP contribution in [-0.2, 0) is 6.42 Å². The van der Waals surface area contributed by atoms with Gasteiger partial charge in [0.05, 0.1) is 24.0 Å². The summed E-state index contributed by atoms with van der Waals surface area (Å²) in [7, 11) is 3.03. The Morgan fingerprint density at radius 2 is 1.92 bits per heavy atom. The number of pyridine rings is 1. The maximum absolute atomic E-state index is 13.4. The Morgan fingerprint density at radius 3 is 2.65 bits per heavy atom. The number of carbonyl (C=O) groups is 1. The first-order valence-corrected chi connectivity index (χ1v) is 12.0. The van der Waals surface area contributed by atoms with Crippen LogP contribution in [0.15, 0.2) is 42.7 Å². The average Bonchev–Trinajstić information content (AvgIpc) is 3.30. The van der Waals surface area contributed by atoms with Crippen molar-refractivity contribution in [2.75, 3.05) is 37.5 Å². The molecule has 1 saturated heterocycles. The zero-order valence-corrected chi connectivity index (χ0v) is 20.9. The fourth-order valence-electron chi connectivity index (χ4n) is 5.00. The van der Waals surface area contributed by atoms with Gasteiger partial charge in [-0.25, -0.2) is 19.7 Å². The van der Waals surface area contributed by atoms with Crippen molar-refractivity contribution in [3.05, 3.63) is 54.0 Å². The summed E-state index contributed by atoms with van der Waals surface area (Å²) in [5.74, 6) is 1.72. The summed E-state index contributed by atoms with van der Waals surface area (Å²) in [6.45, 7) is 0.0250. The summed E-state index contributed by atoms with van der Waals surface area (Å²) in [6.07, 6.45) is 5.87. The number of nitrogens with one attached hydrogen (secondary N) is 1. The molecule has 9 nitrogen and oxygen atoms in total. The molecule has 0 radical (unpaired) electrons. The minimum atomic E-state index is -2.98. The number of alkyl halides is 2. The van der Waals surface area contributed by atoms with Gasteiger partial charge >= 0.3 is 12.6 Å². The second-order valence-electron chi connectivity index (χ2n) is 9.37. The lowest BCUT2D eigenvalue weighted by Gasteiger charge is -2.36. The molecular formula is C26H28F2N6O3. The largest absolute Gasteiger partial charge is 0.497 e. The minimum Gasteiger partial charge on any atom is -0.497 e. The monoisotopic (exact) mass is 510 g/mol. The number of carbonyl (C=O) groups excluding carboxylic acids is 1. The zero-order valence-electron chi connectivity index (χ0n) is 20.9. The lowest BCUT2D eigenvalue weighted by Crippen LogP contribution is -2.47. The van der Waals surface area contributed by atoms with E-state index in [1.54, 1.807) is 36.5 Å². The van der Waals surface area contributed by atoms with Gasteiger partial charge in [0.2, 0.25) is 0 Å². The maximum atomic E-state index is 13.4. The van der Waals surface area contributed by atoms with E-state index in [2.05, 4.69) is 26.1 Å². The molecule has 3 aromatic rings. The van der Waals surface area contributed by atoms with Crippen molar-refractivity contribution in [1.29, 1.82) is 0 Å². The first kappa shape index (κ1) is 24.7. The summed E-state index contributed by atoms with van der Waals surface area (Å²) in [6, 6.07) is 8.01. The van der Waals surface area contributed by atoms with Crippen LogP contribution in [0.4, 0.5) is 25.1 Å². The first-order valence-electron chi connectivity index (χ1n) is 12.0. The molecule has 4 heterocycles. The van der Waals surface area contributed by atoms with Crippen LogP contribution >= 0.6 is 0 Å². The first-order chi connectivity index (χ1) is 17.8. The molecule has 0 aliphatic carbocycles. The highest BCUT2D eigenvalue weighted by molar-refractivity contribution is 5.92. The van der Waals surface area contributed by atoms with Gasteiger partial charge in [-0.2, -0.15) is 8.78 Å². The maximum Gasteiger partial charge on any atom is 0.387 e. The number of halogens is 2. The highest BCUT2D eigenvalue weighted by Gasteiger charge is 2.43. The standard InChI is InChI=1S/C26H28F2N6O3/c1-16-21(23-29-8-4-9-30-23)11-17-5-6-26(32-22(17)31-16)7-10-34(15-26)25(35)33(2)18-12-19(36-3)14-20(13-18)37-24(27)28/h4,8-9,11-14,24H,5-7,10,15H2,1-3H3,(H,31,32). The molecule has 2 amide bonds. The molecule has 2 aliphatic rings. The van der Waals surface area contributed by atoms with Crippen molar-refractivity contribution in [3.8, 4) is 22.9 Å². The molecule has 1 spiro atoms. The number of urea groups is 1. The number of benzene rings is 1. The van der Waals surface area contributed by atoms with Crippen molar-refractivity contribution in [2.24, 2.45) is 0 Å². The summed E-state index contributed by atoms with van der Waals surface area (Å²) in [5, 5.41) is 3.62. The molecular weight excluding hydrogens is 482 g/mol. The van der Waals surface area contributed by atoms with Crippen molar-refractivity contribution in [2.45, 2.75) is 38.3 Å². The van der Waals surface area contributed by atoms with Gasteiger partial charge in [-0.05, 0) is 43.9 Å². The number of aryl methyl sites for hydroxylation is 2. The third-order valence-electron chi connectivity index (χ3n) is 6.98. The fourth-order valence-corrected chi connectivity index (χ4v) is 5.00. The number of amides is 2. The third-order valence-corrected chi connectivity index (χ3v) is 6.98. The zero-order chi connectivity index (χ0) is 26.2. The predicted octanol–water partition coefficient (Wildman–Crippen LogP) is 4.52. The van der Waals surface area contributed by atoms with E-state index in [0.29, 0.717) is 30.4 Å². The van der Waals surface area contributed by atoms with Gasteiger partial charge in [-0.15, -0.1) is 0 Å². The number of fused-ring (bicyclic) bond motifs is 1. The highest BCUT2D eigenvalue weighted by atomic mass is 19.3. The Morgan fingerprint density at radius 1 is 1.16 bits per heavy atom. The normalized spacial score (nSPS) is 18.5. The molecule has 37 heavy (non-hydrogen) atoms. The van der Waals surface area contributed by atoms with Crippen molar-refractivity contribution >= 4 is 17.5 Å². The Hall–Kier alpha value is -4.02. The number of hydrogen-bond donors (Lipinski definition) is 1. The second-order valence-corrected chi connectivity index (χ2v) is 9.37. The van der Waals surface area contributed by atoms with Crippen LogP contribution in [0, 0.1) is 6.92 Å². The number of nitrogens with zero attached hydrogens (tertiary/aromatic N) is 5. The summed E-state index contributed by atoms with van der Waals surface area (Å²) >= 11 is 0. The lowest BCUT2D eigenvalue weighted by atomic mass is 9.86. The number of aromatic nitrogens is 3. The van der Waals surface area contributed by atoms with Crippen LogP contribution in [0.25, 0.3) is 11.4 Å². The van der Waals surface area contributed by atoms with Gasteiger partial charge in [-0.1, -0.05) is 0 Å². The van der Waals surface area contributed by atoms with Crippen molar-refractivity contribution < 1.29 is 23.0 Å². The number of ether oxygens (including phenoxy) is 2. The molecule has 0 saturated carbocycles. The van der Waals surface area contributed by atoms with E-state index >= 15 is 0 Å². The molecule has 0 bridgehead atoms. The van der Waals surface area contributed by atoms with Crippen LogP contribution in [0.3, 0.4) is 0 Å². The van der Waals surface area contributed by atoms with Gasteiger partial charge in [0, 0.05) is 56.3 Å². The quantitative estimate of drug-likeness (QED) is 0.540. The van der Waals surface area contributed by atoms with E-state index in [1.807, 2.05) is 6.92 Å². The van der Waals surface area contributed by atoms with Crippen molar-refractivity contribution in [3.63, 3.8) is 0 Å². The molecule has 1 atom stereocenters. The van der Waals surface area contributed by atoms with Crippen LogP contribution < -0.4 is 19.7 Å². The average molecular weight is 511 g/mol. The number of methoxy groups -OCH3 is 1. The fraction of sp³-hybridized carbons (Fsp3) is 0.385. The van der Waals surface area contributed by atoms with Gasteiger partial charge < -0.3 is 19.7 Å². The molecule has 1 aromatic carbocycles. The number of hydrogen-bond acceptors (Lipinski definition) is 7. The van der Waals surface area contributed by atoms with Gasteiger partial charge in [0.15, 0.2) is 5.82 Å². The predicted molar refractivity (Wildman–Crippen MR) is 134 cm³/mol.